The van der Waals surface area contributed by atoms with Crippen LogP contribution in [0.5, 0.6) is 0 Å². The van der Waals surface area contributed by atoms with Crippen molar-refractivity contribution in [1.82, 2.24) is 9.80 Å². The Bertz CT molecular complexity index is 916. The summed E-state index contributed by atoms with van der Waals surface area (Å²) >= 11 is 24.3. The molecule has 0 saturated carbocycles. The number of piperazine rings is 1. The zero-order chi connectivity index (χ0) is 21.8. The lowest BCUT2D eigenvalue weighted by atomic mass is 10.1. The number of benzene rings is 2. The maximum atomic E-state index is 12.5. The highest BCUT2D eigenvalue weighted by molar-refractivity contribution is 6.50. The average molecular weight is 489 g/mol. The molecule has 2 aromatic rings. The van der Waals surface area contributed by atoms with Crippen molar-refractivity contribution in [2.75, 3.05) is 38.0 Å². The number of anilines is 1. The van der Waals surface area contributed by atoms with E-state index in [1.165, 1.54) is 11.6 Å². The maximum Gasteiger partial charge on any atom is 0.238 e. The number of carbonyl (C=O) groups excluding carboxylic acids is 2. The Hall–Kier alpha value is -1.50. The van der Waals surface area contributed by atoms with Gasteiger partial charge >= 0.3 is 0 Å². The van der Waals surface area contributed by atoms with Gasteiger partial charge in [0, 0.05) is 26.2 Å². The van der Waals surface area contributed by atoms with Crippen LogP contribution in [0.2, 0.25) is 20.1 Å². The number of aryl methyl sites for hydroxylation is 1. The number of halogens is 4. The lowest BCUT2D eigenvalue weighted by Crippen LogP contribution is -2.50. The Morgan fingerprint density at radius 3 is 2.07 bits per heavy atom. The summed E-state index contributed by atoms with van der Waals surface area (Å²) in [5, 5.41) is 3.39. The van der Waals surface area contributed by atoms with Crippen LogP contribution in [-0.2, 0) is 16.0 Å². The number of carbonyl (C=O) groups is 2. The predicted octanol–water partition coefficient (Wildman–Crippen LogP) is 4.93. The normalized spacial score (nSPS) is 14.6. The van der Waals surface area contributed by atoms with Gasteiger partial charge in [0.05, 0.1) is 38.7 Å². The summed E-state index contributed by atoms with van der Waals surface area (Å²) in [5.74, 6) is -0.188. The van der Waals surface area contributed by atoms with E-state index in [-0.39, 0.29) is 44.1 Å². The first-order valence-corrected chi connectivity index (χ1v) is 10.9. The molecule has 160 valence electrons. The van der Waals surface area contributed by atoms with Gasteiger partial charge in [-0.25, -0.2) is 0 Å². The number of hydrogen-bond acceptors (Lipinski definition) is 3. The summed E-state index contributed by atoms with van der Waals surface area (Å²) in [7, 11) is 0. The third kappa shape index (κ3) is 5.80. The highest BCUT2D eigenvalue weighted by Crippen LogP contribution is 2.40. The number of nitrogens with zero attached hydrogens (tertiary/aromatic N) is 2. The van der Waals surface area contributed by atoms with Gasteiger partial charge in [-0.2, -0.15) is 0 Å². The maximum absolute atomic E-state index is 12.5. The van der Waals surface area contributed by atoms with Gasteiger partial charge in [-0.3, -0.25) is 14.5 Å². The van der Waals surface area contributed by atoms with E-state index >= 15 is 0 Å². The molecule has 1 N–H and O–H groups in total. The van der Waals surface area contributed by atoms with Gasteiger partial charge in [0.15, 0.2) is 0 Å². The summed E-state index contributed by atoms with van der Waals surface area (Å²) in [5.41, 5.74) is 2.37. The van der Waals surface area contributed by atoms with Crippen molar-refractivity contribution < 1.29 is 9.59 Å². The number of nitrogens with one attached hydrogen (secondary N) is 1. The van der Waals surface area contributed by atoms with Crippen molar-refractivity contribution in [3.63, 3.8) is 0 Å². The molecule has 1 saturated heterocycles. The van der Waals surface area contributed by atoms with Crippen LogP contribution in [0.4, 0.5) is 5.69 Å². The molecule has 5 nitrogen and oxygen atoms in total. The topological polar surface area (TPSA) is 52.7 Å². The van der Waals surface area contributed by atoms with E-state index in [1.807, 2.05) is 41.0 Å². The van der Waals surface area contributed by atoms with Gasteiger partial charge in [0.1, 0.15) is 0 Å². The molecule has 3 rings (SSSR count). The fourth-order valence-electron chi connectivity index (χ4n) is 3.21. The minimum Gasteiger partial charge on any atom is -0.340 e. The van der Waals surface area contributed by atoms with Crippen LogP contribution >= 0.6 is 46.4 Å². The fourth-order valence-corrected chi connectivity index (χ4v) is 4.12. The van der Waals surface area contributed by atoms with Gasteiger partial charge in [-0.15, -0.1) is 0 Å². The molecule has 2 amide bonds. The molecular weight excluding hydrogens is 468 g/mol. The summed E-state index contributed by atoms with van der Waals surface area (Å²) < 4.78 is 0. The minimum absolute atomic E-state index is 0.0927. The van der Waals surface area contributed by atoms with E-state index in [0.717, 1.165) is 5.56 Å². The highest BCUT2D eigenvalue weighted by Gasteiger charge is 2.23. The Kier molecular flexibility index (Phi) is 7.88. The number of amides is 2. The summed E-state index contributed by atoms with van der Waals surface area (Å²) in [6.45, 7) is 4.52. The molecule has 1 fully saturated rings. The van der Waals surface area contributed by atoms with Crippen molar-refractivity contribution >= 4 is 63.9 Å². The Morgan fingerprint density at radius 1 is 0.933 bits per heavy atom. The second-order valence-electron chi connectivity index (χ2n) is 7.21. The van der Waals surface area contributed by atoms with Crippen LogP contribution in [-0.4, -0.2) is 54.3 Å². The average Bonchev–Trinajstić information content (AvgIpc) is 2.72. The first-order valence-electron chi connectivity index (χ1n) is 9.43. The summed E-state index contributed by atoms with van der Waals surface area (Å²) in [6.07, 6.45) is 0.382. The lowest BCUT2D eigenvalue weighted by Gasteiger charge is -2.34. The molecule has 0 atom stereocenters. The highest BCUT2D eigenvalue weighted by atomic mass is 35.5. The molecule has 2 aromatic carbocycles. The second-order valence-corrected chi connectivity index (χ2v) is 8.78. The molecule has 0 aliphatic carbocycles. The van der Waals surface area contributed by atoms with Gasteiger partial charge in [0.25, 0.3) is 0 Å². The largest absolute Gasteiger partial charge is 0.340 e. The van der Waals surface area contributed by atoms with Crippen LogP contribution in [0.3, 0.4) is 0 Å². The molecule has 9 heteroatoms. The van der Waals surface area contributed by atoms with Crippen LogP contribution < -0.4 is 5.32 Å². The zero-order valence-corrected chi connectivity index (χ0v) is 19.4. The van der Waals surface area contributed by atoms with Gasteiger partial charge in [0.2, 0.25) is 11.8 Å². The van der Waals surface area contributed by atoms with Crippen LogP contribution in [0.25, 0.3) is 0 Å². The molecule has 1 heterocycles. The molecule has 0 bridgehead atoms. The van der Waals surface area contributed by atoms with Crippen molar-refractivity contribution in [2.45, 2.75) is 13.3 Å². The molecule has 0 spiro atoms. The fraction of sp³-hybridized carbons (Fsp3) is 0.333. The van der Waals surface area contributed by atoms with Crippen LogP contribution in [0, 0.1) is 6.92 Å². The summed E-state index contributed by atoms with van der Waals surface area (Å²) in [6, 6.07) is 9.39. The minimum atomic E-state index is -0.281. The molecule has 0 radical (unpaired) electrons. The monoisotopic (exact) mass is 487 g/mol. The first-order chi connectivity index (χ1) is 14.2. The smallest absolute Gasteiger partial charge is 0.238 e. The first kappa shape index (κ1) is 23.2. The molecule has 1 aliphatic heterocycles. The molecule has 1 aliphatic rings. The third-order valence-corrected chi connectivity index (χ3v) is 6.52. The molecular formula is C21H21Cl4N3O2. The Balaban J connectivity index is 1.50. The van der Waals surface area contributed by atoms with E-state index < -0.39 is 0 Å². The van der Waals surface area contributed by atoms with Crippen LogP contribution in [0.15, 0.2) is 30.3 Å². The Labute approximate surface area is 195 Å². The van der Waals surface area contributed by atoms with E-state index in [4.69, 9.17) is 46.4 Å². The van der Waals surface area contributed by atoms with Crippen LogP contribution in [0.1, 0.15) is 11.1 Å². The van der Waals surface area contributed by atoms with Crippen molar-refractivity contribution in [1.29, 1.82) is 0 Å². The molecule has 0 aromatic heterocycles. The summed E-state index contributed by atoms with van der Waals surface area (Å²) in [4.78, 5) is 28.8. The van der Waals surface area contributed by atoms with Gasteiger partial charge in [-0.1, -0.05) is 76.2 Å². The van der Waals surface area contributed by atoms with E-state index in [2.05, 4.69) is 5.32 Å². The predicted molar refractivity (Wildman–Crippen MR) is 123 cm³/mol. The molecule has 30 heavy (non-hydrogen) atoms. The van der Waals surface area contributed by atoms with Crippen molar-refractivity contribution in [3.8, 4) is 0 Å². The third-order valence-electron chi connectivity index (χ3n) is 4.94. The van der Waals surface area contributed by atoms with Crippen molar-refractivity contribution in [3.05, 3.63) is 61.5 Å². The number of hydrogen-bond donors (Lipinski definition) is 1. The molecule has 0 unspecified atom stereocenters. The zero-order valence-electron chi connectivity index (χ0n) is 16.4. The lowest BCUT2D eigenvalue weighted by molar-refractivity contribution is -0.132. The standard InChI is InChI=1S/C21H21Cl4N3O2/c1-13-2-4-14(5-3-13)10-18(30)28-8-6-27(7-9-28)12-17(29)26-21-19(24)15(22)11-16(23)20(21)25/h2-5,11H,6-10,12H2,1H3,(H,26,29). The van der Waals surface area contributed by atoms with E-state index in [1.54, 1.807) is 0 Å². The Morgan fingerprint density at radius 2 is 1.50 bits per heavy atom. The van der Waals surface area contributed by atoms with Gasteiger partial charge < -0.3 is 10.2 Å². The SMILES string of the molecule is Cc1ccc(CC(=O)N2CCN(CC(=O)Nc3c(Cl)c(Cl)cc(Cl)c3Cl)CC2)cc1. The van der Waals surface area contributed by atoms with Gasteiger partial charge in [-0.05, 0) is 18.6 Å². The van der Waals surface area contributed by atoms with E-state index in [0.29, 0.717) is 32.6 Å². The van der Waals surface area contributed by atoms with Crippen molar-refractivity contribution in [2.24, 2.45) is 0 Å². The van der Waals surface area contributed by atoms with E-state index in [9.17, 15) is 9.59 Å². The second kappa shape index (κ2) is 10.2. The quantitative estimate of drug-likeness (QED) is 0.606. The number of rotatable bonds is 5.